The second-order valence-corrected chi connectivity index (χ2v) is 7.32. The summed E-state index contributed by atoms with van der Waals surface area (Å²) in [6, 6.07) is 16.1. The smallest absolute Gasteiger partial charge is 0.120 e. The van der Waals surface area contributed by atoms with Crippen molar-refractivity contribution >= 4 is 6.08 Å². The lowest BCUT2D eigenvalue weighted by Crippen LogP contribution is -2.45. The van der Waals surface area contributed by atoms with Crippen LogP contribution in [0.1, 0.15) is 11.1 Å². The van der Waals surface area contributed by atoms with E-state index in [0.717, 1.165) is 56.1 Å². The van der Waals surface area contributed by atoms with Gasteiger partial charge in [-0.25, -0.2) is 0 Å². The summed E-state index contributed by atoms with van der Waals surface area (Å²) in [6.45, 7) is 5.76. The minimum absolute atomic E-state index is 0.339. The Morgan fingerprint density at radius 3 is 2.48 bits per heavy atom. The summed E-state index contributed by atoms with van der Waals surface area (Å²) in [5, 5.41) is 10.3. The normalized spacial score (nSPS) is 15.7. The lowest BCUT2D eigenvalue weighted by molar-refractivity contribution is 0.136. The molecule has 0 atom stereocenters. The molecular formula is C24H26N4O. The van der Waals surface area contributed by atoms with Crippen LogP contribution in [0.3, 0.4) is 0 Å². The summed E-state index contributed by atoms with van der Waals surface area (Å²) in [5.74, 6) is 0.339. The highest BCUT2D eigenvalue weighted by molar-refractivity contribution is 5.61. The molecule has 1 fully saturated rings. The highest BCUT2D eigenvalue weighted by Gasteiger charge is 2.17. The molecule has 4 rings (SSSR count). The zero-order valence-corrected chi connectivity index (χ0v) is 16.5. The first-order valence-corrected chi connectivity index (χ1v) is 10.0. The summed E-state index contributed by atoms with van der Waals surface area (Å²) in [5.41, 5.74) is 3.98. The molecule has 1 N–H and O–H groups in total. The Bertz CT molecular complexity index is 936. The van der Waals surface area contributed by atoms with Gasteiger partial charge in [0, 0.05) is 62.8 Å². The Hall–Kier alpha value is -3.02. The number of piperazine rings is 1. The lowest BCUT2D eigenvalue weighted by atomic mass is 10.1. The topological polar surface area (TPSA) is 52.5 Å². The number of hydrogen-bond donors (Lipinski definition) is 1. The quantitative estimate of drug-likeness (QED) is 0.700. The van der Waals surface area contributed by atoms with E-state index in [-0.39, 0.29) is 0 Å². The predicted molar refractivity (Wildman–Crippen MR) is 116 cm³/mol. The predicted octanol–water partition coefficient (Wildman–Crippen LogP) is 3.68. The largest absolute Gasteiger partial charge is 0.508 e. The molecule has 0 bridgehead atoms. The molecule has 0 aliphatic carbocycles. The standard InChI is InChI=1S/C24H26N4O/c29-24-9-8-21(23-18-25-10-11-26-23)17-22(24)19-28-15-13-27(14-16-28)12-4-7-20-5-2-1-3-6-20/h1-11,17-18,29H,12-16,19H2/b7-4+. The molecule has 29 heavy (non-hydrogen) atoms. The number of aromatic nitrogens is 2. The molecule has 1 aromatic heterocycles. The van der Waals surface area contributed by atoms with Gasteiger partial charge in [0.1, 0.15) is 5.75 Å². The van der Waals surface area contributed by atoms with E-state index in [1.807, 2.05) is 18.2 Å². The fourth-order valence-corrected chi connectivity index (χ4v) is 3.59. The number of nitrogens with zero attached hydrogens (tertiary/aromatic N) is 4. The number of phenols is 1. The number of rotatable bonds is 6. The van der Waals surface area contributed by atoms with Gasteiger partial charge < -0.3 is 5.11 Å². The van der Waals surface area contributed by atoms with E-state index in [0.29, 0.717) is 5.75 Å². The van der Waals surface area contributed by atoms with Gasteiger partial charge in [-0.05, 0) is 23.8 Å². The second kappa shape index (κ2) is 9.45. The Morgan fingerprint density at radius 1 is 0.931 bits per heavy atom. The van der Waals surface area contributed by atoms with Crippen molar-refractivity contribution in [3.8, 4) is 17.0 Å². The molecule has 3 aromatic rings. The SMILES string of the molecule is Oc1ccc(-c2cnccn2)cc1CN1CCN(C/C=C/c2ccccc2)CC1. The Kier molecular flexibility index (Phi) is 6.29. The van der Waals surface area contributed by atoms with E-state index in [4.69, 9.17) is 0 Å². The van der Waals surface area contributed by atoms with Crippen LogP contribution in [-0.2, 0) is 6.54 Å². The molecule has 0 amide bonds. The van der Waals surface area contributed by atoms with Crippen molar-refractivity contribution in [1.82, 2.24) is 19.8 Å². The summed E-state index contributed by atoms with van der Waals surface area (Å²) < 4.78 is 0. The molecule has 2 heterocycles. The molecule has 5 heteroatoms. The molecule has 2 aromatic carbocycles. The molecular weight excluding hydrogens is 360 g/mol. The average Bonchev–Trinajstić information content (AvgIpc) is 2.78. The van der Waals surface area contributed by atoms with Crippen LogP contribution in [0.15, 0.2) is 73.2 Å². The van der Waals surface area contributed by atoms with Crippen molar-refractivity contribution in [2.75, 3.05) is 32.7 Å². The Labute approximate surface area is 172 Å². The maximum Gasteiger partial charge on any atom is 0.120 e. The van der Waals surface area contributed by atoms with E-state index in [9.17, 15) is 5.11 Å². The number of benzene rings is 2. The zero-order valence-electron chi connectivity index (χ0n) is 16.5. The summed E-state index contributed by atoms with van der Waals surface area (Å²) in [6.07, 6.45) is 9.52. The van der Waals surface area contributed by atoms with Gasteiger partial charge in [-0.2, -0.15) is 0 Å². The van der Waals surface area contributed by atoms with Gasteiger partial charge in [-0.15, -0.1) is 0 Å². The summed E-state index contributed by atoms with van der Waals surface area (Å²) >= 11 is 0. The Balaban J connectivity index is 1.31. The Morgan fingerprint density at radius 2 is 1.72 bits per heavy atom. The van der Waals surface area contributed by atoms with Crippen molar-refractivity contribution < 1.29 is 5.11 Å². The van der Waals surface area contributed by atoms with Gasteiger partial charge >= 0.3 is 0 Å². The van der Waals surface area contributed by atoms with Crippen molar-refractivity contribution in [3.63, 3.8) is 0 Å². The minimum atomic E-state index is 0.339. The third-order valence-corrected chi connectivity index (χ3v) is 5.27. The van der Waals surface area contributed by atoms with E-state index in [2.05, 4.69) is 56.2 Å². The van der Waals surface area contributed by atoms with E-state index in [1.54, 1.807) is 24.7 Å². The molecule has 1 aliphatic heterocycles. The minimum Gasteiger partial charge on any atom is -0.508 e. The van der Waals surface area contributed by atoms with Crippen LogP contribution >= 0.6 is 0 Å². The highest BCUT2D eigenvalue weighted by atomic mass is 16.3. The zero-order chi connectivity index (χ0) is 19.9. The van der Waals surface area contributed by atoms with Crippen LogP contribution in [0.2, 0.25) is 0 Å². The molecule has 1 aliphatic rings. The van der Waals surface area contributed by atoms with Crippen molar-refractivity contribution in [2.45, 2.75) is 6.54 Å². The van der Waals surface area contributed by atoms with Crippen molar-refractivity contribution in [2.24, 2.45) is 0 Å². The van der Waals surface area contributed by atoms with Gasteiger partial charge in [0.2, 0.25) is 0 Å². The van der Waals surface area contributed by atoms with Crippen LogP contribution in [0.5, 0.6) is 5.75 Å². The fraction of sp³-hybridized carbons (Fsp3) is 0.250. The number of hydrogen-bond acceptors (Lipinski definition) is 5. The number of aromatic hydroxyl groups is 1. The molecule has 0 spiro atoms. The van der Waals surface area contributed by atoms with Gasteiger partial charge in [0.25, 0.3) is 0 Å². The number of phenolic OH excluding ortho intramolecular Hbond substituents is 1. The molecule has 5 nitrogen and oxygen atoms in total. The molecule has 1 saturated heterocycles. The third-order valence-electron chi connectivity index (χ3n) is 5.27. The first-order valence-electron chi connectivity index (χ1n) is 10.0. The van der Waals surface area contributed by atoms with Gasteiger partial charge in [0.15, 0.2) is 0 Å². The lowest BCUT2D eigenvalue weighted by Gasteiger charge is -2.34. The van der Waals surface area contributed by atoms with Crippen LogP contribution in [0.4, 0.5) is 0 Å². The first-order chi connectivity index (χ1) is 14.3. The van der Waals surface area contributed by atoms with E-state index in [1.165, 1.54) is 5.56 Å². The third kappa shape index (κ3) is 5.28. The maximum absolute atomic E-state index is 10.3. The maximum atomic E-state index is 10.3. The van der Waals surface area contributed by atoms with E-state index < -0.39 is 0 Å². The monoisotopic (exact) mass is 386 g/mol. The van der Waals surface area contributed by atoms with Crippen LogP contribution in [0.25, 0.3) is 17.3 Å². The van der Waals surface area contributed by atoms with Gasteiger partial charge in [0.05, 0.1) is 11.9 Å². The molecule has 148 valence electrons. The first kappa shape index (κ1) is 19.3. The summed E-state index contributed by atoms with van der Waals surface area (Å²) in [7, 11) is 0. The fourth-order valence-electron chi connectivity index (χ4n) is 3.59. The van der Waals surface area contributed by atoms with Crippen molar-refractivity contribution in [1.29, 1.82) is 0 Å². The average molecular weight is 386 g/mol. The van der Waals surface area contributed by atoms with Crippen LogP contribution < -0.4 is 0 Å². The van der Waals surface area contributed by atoms with Crippen LogP contribution in [-0.4, -0.2) is 57.6 Å². The molecule has 0 saturated carbocycles. The van der Waals surface area contributed by atoms with E-state index >= 15 is 0 Å². The van der Waals surface area contributed by atoms with Gasteiger partial charge in [-0.3, -0.25) is 19.8 Å². The molecule has 0 unspecified atom stereocenters. The summed E-state index contributed by atoms with van der Waals surface area (Å²) in [4.78, 5) is 13.4. The highest BCUT2D eigenvalue weighted by Crippen LogP contribution is 2.25. The second-order valence-electron chi connectivity index (χ2n) is 7.32. The van der Waals surface area contributed by atoms with Gasteiger partial charge in [-0.1, -0.05) is 42.5 Å². The van der Waals surface area contributed by atoms with Crippen molar-refractivity contribution in [3.05, 3.63) is 84.3 Å². The molecule has 0 radical (unpaired) electrons. The van der Waals surface area contributed by atoms with Crippen LogP contribution in [0, 0.1) is 0 Å².